The zero-order valence-electron chi connectivity index (χ0n) is 14.5. The van der Waals surface area contributed by atoms with Gasteiger partial charge in [-0.05, 0) is 49.4 Å². The van der Waals surface area contributed by atoms with Crippen molar-refractivity contribution in [2.24, 2.45) is 5.41 Å². The molecule has 0 bridgehead atoms. The SMILES string of the molecule is CC(O)c1cccc(C(CCCC(C)(C)C)O[SiH](C)C)c1. The van der Waals surface area contributed by atoms with Crippen molar-refractivity contribution in [1.29, 1.82) is 0 Å². The predicted molar refractivity (Wildman–Crippen MR) is 93.1 cm³/mol. The van der Waals surface area contributed by atoms with Crippen LogP contribution in [0.25, 0.3) is 0 Å². The summed E-state index contributed by atoms with van der Waals surface area (Å²) in [5.74, 6) is 0. The fourth-order valence-corrected chi connectivity index (χ4v) is 3.43. The Morgan fingerprint density at radius 3 is 2.33 bits per heavy atom. The highest BCUT2D eigenvalue weighted by Gasteiger charge is 2.17. The molecule has 0 aliphatic heterocycles. The molecular formula is C18H32O2Si. The largest absolute Gasteiger partial charge is 0.414 e. The van der Waals surface area contributed by atoms with Crippen molar-refractivity contribution >= 4 is 9.04 Å². The van der Waals surface area contributed by atoms with Crippen molar-refractivity contribution in [2.45, 2.75) is 72.3 Å². The second kappa shape index (κ2) is 8.11. The molecule has 1 aromatic carbocycles. The summed E-state index contributed by atoms with van der Waals surface area (Å²) in [5, 5.41) is 9.76. The van der Waals surface area contributed by atoms with Crippen LogP contribution in [0.2, 0.25) is 13.1 Å². The molecule has 21 heavy (non-hydrogen) atoms. The van der Waals surface area contributed by atoms with Gasteiger partial charge in [-0.3, -0.25) is 0 Å². The summed E-state index contributed by atoms with van der Waals surface area (Å²) in [6.07, 6.45) is 3.21. The van der Waals surface area contributed by atoms with Gasteiger partial charge in [-0.2, -0.15) is 0 Å². The van der Waals surface area contributed by atoms with Crippen molar-refractivity contribution in [3.05, 3.63) is 35.4 Å². The summed E-state index contributed by atoms with van der Waals surface area (Å²) >= 11 is 0. The van der Waals surface area contributed by atoms with Crippen LogP contribution in [0.4, 0.5) is 0 Å². The zero-order valence-corrected chi connectivity index (χ0v) is 15.7. The van der Waals surface area contributed by atoms with E-state index in [0.29, 0.717) is 5.41 Å². The Kier molecular flexibility index (Phi) is 7.11. The van der Waals surface area contributed by atoms with E-state index in [2.05, 4.69) is 46.0 Å². The third-order valence-electron chi connectivity index (χ3n) is 3.59. The van der Waals surface area contributed by atoms with Gasteiger partial charge < -0.3 is 9.53 Å². The number of aliphatic hydroxyl groups excluding tert-OH is 1. The quantitative estimate of drug-likeness (QED) is 0.718. The lowest BCUT2D eigenvalue weighted by molar-refractivity contribution is 0.183. The van der Waals surface area contributed by atoms with Gasteiger partial charge in [0.2, 0.25) is 0 Å². The normalized spacial score (nSPS) is 15.2. The van der Waals surface area contributed by atoms with Gasteiger partial charge in [-0.15, -0.1) is 0 Å². The molecule has 0 radical (unpaired) electrons. The zero-order chi connectivity index (χ0) is 16.0. The van der Waals surface area contributed by atoms with E-state index in [1.165, 1.54) is 18.4 Å². The molecule has 0 aliphatic rings. The summed E-state index contributed by atoms with van der Waals surface area (Å²) < 4.78 is 6.24. The molecule has 3 heteroatoms. The molecule has 0 aromatic heterocycles. The molecule has 0 heterocycles. The maximum Gasteiger partial charge on any atom is 0.171 e. The first-order valence-electron chi connectivity index (χ1n) is 8.12. The summed E-state index contributed by atoms with van der Waals surface area (Å²) in [7, 11) is -1.09. The summed E-state index contributed by atoms with van der Waals surface area (Å²) in [6, 6.07) is 8.24. The van der Waals surface area contributed by atoms with Gasteiger partial charge in [0.15, 0.2) is 9.04 Å². The predicted octanol–water partition coefficient (Wildman–Crippen LogP) is 5.00. The van der Waals surface area contributed by atoms with Gasteiger partial charge in [0.25, 0.3) is 0 Å². The van der Waals surface area contributed by atoms with Gasteiger partial charge in [0.1, 0.15) is 0 Å². The van der Waals surface area contributed by atoms with E-state index in [1.807, 2.05) is 19.1 Å². The van der Waals surface area contributed by atoms with Gasteiger partial charge >= 0.3 is 0 Å². The molecule has 0 saturated carbocycles. The summed E-state index contributed by atoms with van der Waals surface area (Å²) in [6.45, 7) is 13.1. The molecule has 0 fully saturated rings. The first-order chi connectivity index (χ1) is 9.69. The fourth-order valence-electron chi connectivity index (χ4n) is 2.48. The van der Waals surface area contributed by atoms with Crippen molar-refractivity contribution < 1.29 is 9.53 Å². The monoisotopic (exact) mass is 308 g/mol. The molecule has 2 nitrogen and oxygen atoms in total. The van der Waals surface area contributed by atoms with Gasteiger partial charge in [0.05, 0.1) is 12.2 Å². The Labute approximate surface area is 132 Å². The summed E-state index contributed by atoms with van der Waals surface area (Å²) in [5.41, 5.74) is 2.56. The smallest absolute Gasteiger partial charge is 0.171 e. The highest BCUT2D eigenvalue weighted by molar-refractivity contribution is 6.48. The molecule has 0 aliphatic carbocycles. The van der Waals surface area contributed by atoms with Crippen LogP contribution in [-0.2, 0) is 4.43 Å². The number of hydrogen-bond acceptors (Lipinski definition) is 2. The number of benzene rings is 1. The second-order valence-electron chi connectivity index (χ2n) is 7.47. The van der Waals surface area contributed by atoms with Crippen molar-refractivity contribution in [3.63, 3.8) is 0 Å². The molecule has 120 valence electrons. The average molecular weight is 309 g/mol. The van der Waals surface area contributed by atoms with E-state index in [4.69, 9.17) is 4.43 Å². The number of aliphatic hydroxyl groups is 1. The van der Waals surface area contributed by atoms with E-state index < -0.39 is 15.1 Å². The standard InChI is InChI=1S/C18H32O2Si/c1-14(19)15-9-7-10-16(13-15)17(20-21(5)6)11-8-12-18(2,3)4/h7,9-10,13-14,17,19,21H,8,11-12H2,1-6H3. The second-order valence-corrected chi connectivity index (χ2v) is 9.84. The van der Waals surface area contributed by atoms with Crippen molar-refractivity contribution in [2.75, 3.05) is 0 Å². The Hall–Kier alpha value is -0.643. The van der Waals surface area contributed by atoms with E-state index in [0.717, 1.165) is 12.0 Å². The third kappa shape index (κ3) is 7.25. The molecule has 0 amide bonds. The van der Waals surface area contributed by atoms with Crippen LogP contribution < -0.4 is 0 Å². The van der Waals surface area contributed by atoms with E-state index in [1.54, 1.807) is 0 Å². The lowest BCUT2D eigenvalue weighted by Crippen LogP contribution is -2.15. The molecule has 0 spiro atoms. The Bertz CT molecular complexity index is 421. The lowest BCUT2D eigenvalue weighted by Gasteiger charge is -2.24. The van der Waals surface area contributed by atoms with Gasteiger partial charge in [0, 0.05) is 0 Å². The minimum absolute atomic E-state index is 0.178. The minimum atomic E-state index is -1.09. The maximum atomic E-state index is 9.76. The summed E-state index contributed by atoms with van der Waals surface area (Å²) in [4.78, 5) is 0. The van der Waals surface area contributed by atoms with Crippen molar-refractivity contribution in [3.8, 4) is 0 Å². The molecule has 1 N–H and O–H groups in total. The Morgan fingerprint density at radius 1 is 1.19 bits per heavy atom. The number of hydrogen-bond donors (Lipinski definition) is 1. The van der Waals surface area contributed by atoms with Crippen LogP contribution in [0.15, 0.2) is 24.3 Å². The average Bonchev–Trinajstić information content (AvgIpc) is 2.36. The van der Waals surface area contributed by atoms with Crippen molar-refractivity contribution in [1.82, 2.24) is 0 Å². The van der Waals surface area contributed by atoms with E-state index >= 15 is 0 Å². The lowest BCUT2D eigenvalue weighted by atomic mass is 9.88. The first-order valence-corrected chi connectivity index (χ1v) is 10.9. The van der Waals surface area contributed by atoms with Crippen LogP contribution in [0.1, 0.15) is 70.3 Å². The topological polar surface area (TPSA) is 29.5 Å². The molecule has 1 rings (SSSR count). The highest BCUT2D eigenvalue weighted by atomic mass is 28.3. The van der Waals surface area contributed by atoms with Gasteiger partial charge in [-0.25, -0.2) is 0 Å². The van der Waals surface area contributed by atoms with Crippen LogP contribution in [0.3, 0.4) is 0 Å². The van der Waals surface area contributed by atoms with Crippen LogP contribution >= 0.6 is 0 Å². The third-order valence-corrected chi connectivity index (χ3v) is 4.47. The van der Waals surface area contributed by atoms with E-state index in [9.17, 15) is 5.11 Å². The van der Waals surface area contributed by atoms with Crippen LogP contribution in [-0.4, -0.2) is 14.1 Å². The number of rotatable bonds is 7. The molecule has 1 aromatic rings. The van der Waals surface area contributed by atoms with Gasteiger partial charge in [-0.1, -0.05) is 51.5 Å². The Morgan fingerprint density at radius 2 is 1.81 bits per heavy atom. The maximum absolute atomic E-state index is 9.76. The molecule has 2 unspecified atom stereocenters. The fraction of sp³-hybridized carbons (Fsp3) is 0.667. The molecule has 0 saturated heterocycles. The Balaban J connectivity index is 2.79. The molecular weight excluding hydrogens is 276 g/mol. The minimum Gasteiger partial charge on any atom is -0.414 e. The molecule has 2 atom stereocenters. The van der Waals surface area contributed by atoms with Crippen LogP contribution in [0, 0.1) is 5.41 Å². The first kappa shape index (κ1) is 18.4. The van der Waals surface area contributed by atoms with Crippen LogP contribution in [0.5, 0.6) is 0 Å². The van der Waals surface area contributed by atoms with E-state index in [-0.39, 0.29) is 6.10 Å². The highest BCUT2D eigenvalue weighted by Crippen LogP contribution is 2.30.